The van der Waals surface area contributed by atoms with E-state index in [1.807, 2.05) is 0 Å². The van der Waals surface area contributed by atoms with Gasteiger partial charge < -0.3 is 4.74 Å². The molecule has 0 radical (unpaired) electrons. The summed E-state index contributed by atoms with van der Waals surface area (Å²) in [6.07, 6.45) is -5.33. The number of benzene rings is 1. The highest BCUT2D eigenvalue weighted by Gasteiger charge is 2.35. The van der Waals surface area contributed by atoms with Gasteiger partial charge in [0.15, 0.2) is 0 Å². The molecule has 18 heavy (non-hydrogen) atoms. The molecule has 1 rings (SSSR count). The fourth-order valence-electron chi connectivity index (χ4n) is 1.41. The van der Waals surface area contributed by atoms with Crippen LogP contribution in [0.2, 0.25) is 5.02 Å². The Labute approximate surface area is 106 Å². The van der Waals surface area contributed by atoms with E-state index in [2.05, 4.69) is 4.74 Å². The van der Waals surface area contributed by atoms with Crippen LogP contribution in [0.3, 0.4) is 0 Å². The van der Waals surface area contributed by atoms with Crippen molar-refractivity contribution in [2.75, 3.05) is 7.11 Å². The normalized spacial score (nSPS) is 10.9. The fraction of sp³-hybridized carbons (Fsp3) is 0.273. The Balaban J connectivity index is 3.46. The lowest BCUT2D eigenvalue weighted by molar-refractivity contribution is -0.141. The van der Waals surface area contributed by atoms with E-state index in [0.29, 0.717) is 0 Å². The van der Waals surface area contributed by atoms with Crippen LogP contribution in [0.1, 0.15) is 16.7 Å². The molecule has 0 heterocycles. The topological polar surface area (TPSA) is 50.1 Å². The molecule has 0 spiro atoms. The number of methoxy groups -OCH3 is 1. The molecule has 7 heteroatoms. The molecule has 0 aliphatic carbocycles. The van der Waals surface area contributed by atoms with Crippen molar-refractivity contribution in [3.63, 3.8) is 0 Å². The highest BCUT2D eigenvalue weighted by molar-refractivity contribution is 6.31. The number of ether oxygens (including phenoxy) is 1. The van der Waals surface area contributed by atoms with Crippen molar-refractivity contribution in [2.45, 2.75) is 12.6 Å². The Morgan fingerprint density at radius 2 is 2.11 bits per heavy atom. The molecule has 0 amide bonds. The van der Waals surface area contributed by atoms with Gasteiger partial charge in [-0.2, -0.15) is 18.4 Å². The van der Waals surface area contributed by atoms with E-state index < -0.39 is 29.7 Å². The zero-order valence-electron chi connectivity index (χ0n) is 9.14. The third-order valence-corrected chi connectivity index (χ3v) is 2.54. The Bertz CT molecular complexity index is 520. The van der Waals surface area contributed by atoms with Crippen LogP contribution < -0.4 is 0 Å². The molecular weight excluding hydrogens is 271 g/mol. The van der Waals surface area contributed by atoms with E-state index in [1.54, 1.807) is 6.07 Å². The largest absolute Gasteiger partial charge is 0.469 e. The first-order valence-electron chi connectivity index (χ1n) is 4.66. The molecule has 3 nitrogen and oxygen atoms in total. The molecule has 0 saturated carbocycles. The fourth-order valence-corrected chi connectivity index (χ4v) is 1.63. The molecule has 0 bridgehead atoms. The minimum atomic E-state index is -4.67. The molecule has 96 valence electrons. The number of carbonyl (C=O) groups is 1. The second-order valence-electron chi connectivity index (χ2n) is 3.31. The first kappa shape index (κ1) is 14.3. The maximum Gasteiger partial charge on any atom is 0.416 e. The molecule has 0 saturated heterocycles. The Hall–Kier alpha value is -1.74. The SMILES string of the molecule is COC(=O)Cc1c(C(F)(F)F)ccc(Cl)c1C#N. The molecule has 0 atom stereocenters. The minimum absolute atomic E-state index is 0.135. The van der Waals surface area contributed by atoms with Gasteiger partial charge in [-0.1, -0.05) is 11.6 Å². The quantitative estimate of drug-likeness (QED) is 0.781. The number of alkyl halides is 3. The van der Waals surface area contributed by atoms with Gasteiger partial charge in [-0.05, 0) is 17.7 Å². The number of rotatable bonds is 2. The maximum atomic E-state index is 12.7. The summed E-state index contributed by atoms with van der Waals surface area (Å²) in [5.74, 6) is -0.876. The van der Waals surface area contributed by atoms with E-state index in [1.165, 1.54) is 0 Å². The summed E-state index contributed by atoms with van der Waals surface area (Å²) >= 11 is 5.64. The van der Waals surface area contributed by atoms with Gasteiger partial charge in [-0.3, -0.25) is 4.79 Å². The average Bonchev–Trinajstić information content (AvgIpc) is 2.27. The lowest BCUT2D eigenvalue weighted by atomic mass is 9.98. The number of nitrogens with zero attached hydrogens (tertiary/aromatic N) is 1. The first-order chi connectivity index (χ1) is 8.31. The number of esters is 1. The number of halogens is 4. The number of carbonyl (C=O) groups excluding carboxylic acids is 1. The monoisotopic (exact) mass is 277 g/mol. The van der Waals surface area contributed by atoms with Crippen molar-refractivity contribution in [1.82, 2.24) is 0 Å². The summed E-state index contributed by atoms with van der Waals surface area (Å²) in [4.78, 5) is 11.1. The summed E-state index contributed by atoms with van der Waals surface area (Å²) in [6.45, 7) is 0. The van der Waals surface area contributed by atoms with Gasteiger partial charge in [0.1, 0.15) is 6.07 Å². The maximum absolute atomic E-state index is 12.7. The van der Waals surface area contributed by atoms with Crippen LogP contribution in [0, 0.1) is 11.3 Å². The lowest BCUT2D eigenvalue weighted by Crippen LogP contribution is -2.15. The molecule has 0 aromatic heterocycles. The summed E-state index contributed by atoms with van der Waals surface area (Å²) in [5, 5.41) is 8.69. The molecule has 0 aliphatic heterocycles. The standard InChI is InChI=1S/C11H7ClF3NO2/c1-18-10(17)4-6-7(5-16)9(12)3-2-8(6)11(13,14)15/h2-3H,4H2,1H3. The van der Waals surface area contributed by atoms with E-state index in [9.17, 15) is 18.0 Å². The van der Waals surface area contributed by atoms with E-state index in [-0.39, 0.29) is 10.6 Å². The van der Waals surface area contributed by atoms with Crippen molar-refractivity contribution in [2.24, 2.45) is 0 Å². The second kappa shape index (κ2) is 5.27. The number of hydrogen-bond acceptors (Lipinski definition) is 3. The Morgan fingerprint density at radius 1 is 1.50 bits per heavy atom. The molecule has 0 fully saturated rings. The minimum Gasteiger partial charge on any atom is -0.469 e. The van der Waals surface area contributed by atoms with E-state index >= 15 is 0 Å². The van der Waals surface area contributed by atoms with Crippen LogP contribution in [0.25, 0.3) is 0 Å². The van der Waals surface area contributed by atoms with Crippen molar-refractivity contribution < 1.29 is 22.7 Å². The summed E-state index contributed by atoms with van der Waals surface area (Å²) in [7, 11) is 1.05. The van der Waals surface area contributed by atoms with Crippen molar-refractivity contribution in [3.8, 4) is 6.07 Å². The van der Waals surface area contributed by atoms with Gasteiger partial charge in [-0.25, -0.2) is 0 Å². The van der Waals surface area contributed by atoms with Crippen LogP contribution in [0.5, 0.6) is 0 Å². The van der Waals surface area contributed by atoms with E-state index in [0.717, 1.165) is 19.2 Å². The van der Waals surface area contributed by atoms with Crippen LogP contribution in [-0.2, 0) is 22.1 Å². The second-order valence-corrected chi connectivity index (χ2v) is 3.72. The summed E-state index contributed by atoms with van der Waals surface area (Å²) in [6, 6.07) is 3.28. The van der Waals surface area contributed by atoms with Crippen LogP contribution in [-0.4, -0.2) is 13.1 Å². The highest BCUT2D eigenvalue weighted by Crippen LogP contribution is 2.36. The summed E-state index contributed by atoms with van der Waals surface area (Å²) < 4.78 is 42.5. The Morgan fingerprint density at radius 3 is 2.56 bits per heavy atom. The van der Waals surface area contributed by atoms with E-state index in [4.69, 9.17) is 16.9 Å². The number of nitriles is 1. The van der Waals surface area contributed by atoms with Crippen molar-refractivity contribution in [1.29, 1.82) is 5.26 Å². The molecule has 0 unspecified atom stereocenters. The highest BCUT2D eigenvalue weighted by atomic mass is 35.5. The van der Waals surface area contributed by atoms with Gasteiger partial charge >= 0.3 is 12.1 Å². The Kier molecular flexibility index (Phi) is 4.19. The third-order valence-electron chi connectivity index (χ3n) is 2.23. The zero-order chi connectivity index (χ0) is 13.9. The molecule has 1 aromatic rings. The van der Waals surface area contributed by atoms with Crippen molar-refractivity contribution >= 4 is 17.6 Å². The van der Waals surface area contributed by atoms with Crippen LogP contribution in [0.15, 0.2) is 12.1 Å². The third kappa shape index (κ3) is 2.93. The molecule has 0 aliphatic rings. The molecule has 0 N–H and O–H groups in total. The average molecular weight is 278 g/mol. The van der Waals surface area contributed by atoms with Gasteiger partial charge in [0.2, 0.25) is 0 Å². The van der Waals surface area contributed by atoms with Crippen LogP contribution in [0.4, 0.5) is 13.2 Å². The predicted octanol–water partition coefficient (Wildman–Crippen LogP) is 2.95. The van der Waals surface area contributed by atoms with Gasteiger partial charge in [-0.15, -0.1) is 0 Å². The molecule has 1 aromatic carbocycles. The first-order valence-corrected chi connectivity index (χ1v) is 5.04. The predicted molar refractivity (Wildman–Crippen MR) is 56.9 cm³/mol. The molecular formula is C11H7ClF3NO2. The van der Waals surface area contributed by atoms with Crippen LogP contribution >= 0.6 is 11.6 Å². The zero-order valence-corrected chi connectivity index (χ0v) is 9.89. The van der Waals surface area contributed by atoms with Gasteiger partial charge in [0.05, 0.1) is 29.7 Å². The summed E-state index contributed by atoms with van der Waals surface area (Å²) in [5.41, 5.74) is -1.89. The van der Waals surface area contributed by atoms with Crippen molar-refractivity contribution in [3.05, 3.63) is 33.8 Å². The van der Waals surface area contributed by atoms with Gasteiger partial charge in [0.25, 0.3) is 0 Å². The van der Waals surface area contributed by atoms with Gasteiger partial charge in [0, 0.05) is 0 Å². The smallest absolute Gasteiger partial charge is 0.416 e. The number of hydrogen-bond donors (Lipinski definition) is 0. The lowest BCUT2D eigenvalue weighted by Gasteiger charge is -2.14.